The van der Waals surface area contributed by atoms with Crippen molar-refractivity contribution in [3.63, 3.8) is 0 Å². The number of benzene rings is 1. The summed E-state index contributed by atoms with van der Waals surface area (Å²) < 4.78 is 5.19. The van der Waals surface area contributed by atoms with Crippen LogP contribution in [-0.2, 0) is 4.74 Å². The molecule has 0 aliphatic carbocycles. The van der Waals surface area contributed by atoms with E-state index in [-0.39, 0.29) is 0 Å². The highest BCUT2D eigenvalue weighted by Gasteiger charge is 2.31. The van der Waals surface area contributed by atoms with Crippen molar-refractivity contribution >= 4 is 5.57 Å². The number of hydrogen-bond acceptors (Lipinski definition) is 3. The molecule has 1 fully saturated rings. The fourth-order valence-electron chi connectivity index (χ4n) is 1.96. The highest BCUT2D eigenvalue weighted by atomic mass is 16.5. The fraction of sp³-hybridized carbons (Fsp3) is 0.429. The van der Waals surface area contributed by atoms with Gasteiger partial charge in [-0.15, -0.1) is 0 Å². The number of ether oxygens (including phenoxy) is 1. The lowest BCUT2D eigenvalue weighted by Crippen LogP contribution is -2.41. The minimum Gasteiger partial charge on any atom is -0.386 e. The largest absolute Gasteiger partial charge is 0.386 e. The zero-order valence-corrected chi connectivity index (χ0v) is 9.98. The predicted molar refractivity (Wildman–Crippen MR) is 68.7 cm³/mol. The Bertz CT molecular complexity index is 369. The highest BCUT2D eigenvalue weighted by molar-refractivity contribution is 5.64. The van der Waals surface area contributed by atoms with Gasteiger partial charge in [0.15, 0.2) is 0 Å². The van der Waals surface area contributed by atoms with Gasteiger partial charge in [-0.05, 0) is 11.1 Å². The zero-order chi connectivity index (χ0) is 12.1. The molecule has 3 heteroatoms. The Hall–Kier alpha value is -1.16. The molecule has 0 aromatic heterocycles. The second kappa shape index (κ2) is 5.45. The Morgan fingerprint density at radius 2 is 2.18 bits per heavy atom. The van der Waals surface area contributed by atoms with Gasteiger partial charge < -0.3 is 15.2 Å². The summed E-state index contributed by atoms with van der Waals surface area (Å²) in [6, 6.07) is 10.1. The first kappa shape index (κ1) is 12.3. The molecule has 1 heterocycles. The second-order valence-electron chi connectivity index (χ2n) is 4.60. The molecular weight excluding hydrogens is 214 g/mol. The van der Waals surface area contributed by atoms with Gasteiger partial charge in [0.1, 0.15) is 5.60 Å². The van der Waals surface area contributed by atoms with E-state index in [1.807, 2.05) is 30.3 Å². The van der Waals surface area contributed by atoms with Gasteiger partial charge in [-0.1, -0.05) is 36.9 Å². The number of hydrogen-bond donors (Lipinski definition) is 2. The van der Waals surface area contributed by atoms with Crippen LogP contribution in [0.5, 0.6) is 0 Å². The molecule has 1 unspecified atom stereocenters. The lowest BCUT2D eigenvalue weighted by Gasteiger charge is -2.21. The van der Waals surface area contributed by atoms with Crippen molar-refractivity contribution in [3.8, 4) is 0 Å². The van der Waals surface area contributed by atoms with Crippen molar-refractivity contribution in [1.29, 1.82) is 0 Å². The van der Waals surface area contributed by atoms with Crippen LogP contribution in [0.1, 0.15) is 12.0 Å². The van der Waals surface area contributed by atoms with Gasteiger partial charge in [-0.25, -0.2) is 0 Å². The van der Waals surface area contributed by atoms with Crippen LogP contribution in [0.15, 0.2) is 36.9 Å². The van der Waals surface area contributed by atoms with Gasteiger partial charge in [0.25, 0.3) is 0 Å². The lowest BCUT2D eigenvalue weighted by atomic mass is 10.0. The molecule has 1 aliphatic rings. The number of rotatable bonds is 5. The molecule has 1 atom stereocenters. The summed E-state index contributed by atoms with van der Waals surface area (Å²) in [5.41, 5.74) is 1.47. The van der Waals surface area contributed by atoms with Crippen molar-refractivity contribution in [2.24, 2.45) is 0 Å². The molecular formula is C14H19NO2. The summed E-state index contributed by atoms with van der Waals surface area (Å²) >= 11 is 0. The first-order valence-corrected chi connectivity index (χ1v) is 5.94. The Balaban J connectivity index is 1.77. The summed E-state index contributed by atoms with van der Waals surface area (Å²) in [5.74, 6) is 0. The molecule has 17 heavy (non-hydrogen) atoms. The Morgan fingerprint density at radius 3 is 2.82 bits per heavy atom. The normalized spacial score (nSPS) is 23.8. The maximum atomic E-state index is 10.1. The maximum Gasteiger partial charge on any atom is 0.102 e. The molecule has 1 aliphatic heterocycles. The smallest absolute Gasteiger partial charge is 0.102 e. The molecule has 0 radical (unpaired) electrons. The zero-order valence-electron chi connectivity index (χ0n) is 9.98. The minimum atomic E-state index is -0.697. The van der Waals surface area contributed by atoms with E-state index in [0.717, 1.165) is 11.1 Å². The molecule has 0 amide bonds. The summed E-state index contributed by atoms with van der Waals surface area (Å²) in [4.78, 5) is 0. The standard InChI is InChI=1S/C14H19NO2/c1-12(13-5-3-2-4-6-13)9-15-10-14(16)7-8-17-11-14/h2-6,15-16H,1,7-11H2. The first-order chi connectivity index (χ1) is 8.20. The van der Waals surface area contributed by atoms with Gasteiger partial charge in [0.2, 0.25) is 0 Å². The third-order valence-electron chi connectivity index (χ3n) is 3.06. The molecule has 1 saturated heterocycles. The third-order valence-corrected chi connectivity index (χ3v) is 3.06. The van der Waals surface area contributed by atoms with Gasteiger partial charge in [-0.2, -0.15) is 0 Å². The van der Waals surface area contributed by atoms with Crippen LogP contribution < -0.4 is 5.32 Å². The second-order valence-corrected chi connectivity index (χ2v) is 4.60. The molecule has 3 nitrogen and oxygen atoms in total. The van der Waals surface area contributed by atoms with Gasteiger partial charge >= 0.3 is 0 Å². The topological polar surface area (TPSA) is 41.5 Å². The minimum absolute atomic E-state index is 0.428. The monoisotopic (exact) mass is 233 g/mol. The summed E-state index contributed by atoms with van der Waals surface area (Å²) in [7, 11) is 0. The van der Waals surface area contributed by atoms with Crippen LogP contribution in [0.25, 0.3) is 5.57 Å². The van der Waals surface area contributed by atoms with Crippen LogP contribution in [-0.4, -0.2) is 37.0 Å². The van der Waals surface area contributed by atoms with Crippen molar-refractivity contribution in [1.82, 2.24) is 5.32 Å². The van der Waals surface area contributed by atoms with Crippen molar-refractivity contribution < 1.29 is 9.84 Å². The van der Waals surface area contributed by atoms with E-state index in [1.165, 1.54) is 0 Å². The van der Waals surface area contributed by atoms with Crippen LogP contribution in [0.3, 0.4) is 0 Å². The molecule has 0 spiro atoms. The molecule has 2 rings (SSSR count). The predicted octanol–water partition coefficient (Wildman–Crippen LogP) is 1.44. The Kier molecular flexibility index (Phi) is 3.94. The van der Waals surface area contributed by atoms with Crippen LogP contribution >= 0.6 is 0 Å². The van der Waals surface area contributed by atoms with E-state index >= 15 is 0 Å². The Labute approximate surface area is 102 Å². The van der Waals surface area contributed by atoms with Crippen molar-refractivity contribution in [2.45, 2.75) is 12.0 Å². The summed E-state index contributed by atoms with van der Waals surface area (Å²) in [5, 5.41) is 13.3. The molecule has 2 N–H and O–H groups in total. The SMILES string of the molecule is C=C(CNCC1(O)CCOC1)c1ccccc1. The van der Waals surface area contributed by atoms with Crippen molar-refractivity contribution in [2.75, 3.05) is 26.3 Å². The van der Waals surface area contributed by atoms with Gasteiger partial charge in [0, 0.05) is 26.1 Å². The molecule has 1 aromatic rings. The molecule has 92 valence electrons. The van der Waals surface area contributed by atoms with E-state index in [0.29, 0.717) is 32.7 Å². The molecule has 0 saturated carbocycles. The average molecular weight is 233 g/mol. The van der Waals surface area contributed by atoms with Crippen LogP contribution in [0, 0.1) is 0 Å². The summed E-state index contributed by atoms with van der Waals surface area (Å²) in [6.45, 7) is 6.36. The first-order valence-electron chi connectivity index (χ1n) is 5.94. The Morgan fingerprint density at radius 1 is 1.41 bits per heavy atom. The number of nitrogens with one attached hydrogen (secondary N) is 1. The van der Waals surface area contributed by atoms with E-state index in [2.05, 4.69) is 11.9 Å². The van der Waals surface area contributed by atoms with Gasteiger partial charge in [-0.3, -0.25) is 0 Å². The average Bonchev–Trinajstić information content (AvgIpc) is 2.77. The van der Waals surface area contributed by atoms with Crippen LogP contribution in [0.2, 0.25) is 0 Å². The molecule has 0 bridgehead atoms. The van der Waals surface area contributed by atoms with Crippen molar-refractivity contribution in [3.05, 3.63) is 42.5 Å². The maximum absolute atomic E-state index is 10.1. The lowest BCUT2D eigenvalue weighted by molar-refractivity contribution is 0.0280. The van der Waals surface area contributed by atoms with E-state index in [4.69, 9.17) is 4.74 Å². The van der Waals surface area contributed by atoms with E-state index in [9.17, 15) is 5.11 Å². The number of aliphatic hydroxyl groups is 1. The fourth-order valence-corrected chi connectivity index (χ4v) is 1.96. The van der Waals surface area contributed by atoms with Gasteiger partial charge in [0.05, 0.1) is 6.61 Å². The third kappa shape index (κ3) is 3.40. The van der Waals surface area contributed by atoms with E-state index in [1.54, 1.807) is 0 Å². The van der Waals surface area contributed by atoms with E-state index < -0.39 is 5.60 Å². The van der Waals surface area contributed by atoms with Crippen LogP contribution in [0.4, 0.5) is 0 Å². The summed E-state index contributed by atoms with van der Waals surface area (Å²) in [6.07, 6.45) is 0.706. The highest BCUT2D eigenvalue weighted by Crippen LogP contribution is 2.17. The quantitative estimate of drug-likeness (QED) is 0.808. The molecule has 1 aromatic carbocycles.